The molecule has 2 heterocycles. The lowest BCUT2D eigenvalue weighted by molar-refractivity contribution is 0.189. The molecule has 0 aromatic heterocycles. The Morgan fingerprint density at radius 3 is 2.93 bits per heavy atom. The fraction of sp³-hybridized carbons (Fsp3) is 0.364. The highest BCUT2D eigenvalue weighted by atomic mass is 16.5. The molecule has 14 heavy (non-hydrogen) atoms. The summed E-state index contributed by atoms with van der Waals surface area (Å²) in [5, 5.41) is 6.62. The lowest BCUT2D eigenvalue weighted by atomic mass is 10.1. The van der Waals surface area contributed by atoms with Crippen LogP contribution in [0, 0.1) is 5.92 Å². The SMILES string of the molecule is c1ccc(N2C[C@@H]3COCC3=N2)cc1. The quantitative estimate of drug-likeness (QED) is 0.667. The van der Waals surface area contributed by atoms with Gasteiger partial charge in [0.15, 0.2) is 0 Å². The fourth-order valence-corrected chi connectivity index (χ4v) is 1.96. The van der Waals surface area contributed by atoms with E-state index in [-0.39, 0.29) is 0 Å². The topological polar surface area (TPSA) is 24.8 Å². The summed E-state index contributed by atoms with van der Waals surface area (Å²) in [5.74, 6) is 0.523. The van der Waals surface area contributed by atoms with Crippen molar-refractivity contribution < 1.29 is 4.74 Å². The van der Waals surface area contributed by atoms with E-state index >= 15 is 0 Å². The minimum Gasteiger partial charge on any atom is -0.375 e. The third kappa shape index (κ3) is 1.21. The Bertz CT molecular complexity index is 361. The number of nitrogens with zero attached hydrogens (tertiary/aromatic N) is 2. The summed E-state index contributed by atoms with van der Waals surface area (Å²) >= 11 is 0. The first-order valence-electron chi connectivity index (χ1n) is 4.91. The zero-order chi connectivity index (χ0) is 9.38. The van der Waals surface area contributed by atoms with Gasteiger partial charge < -0.3 is 4.74 Å². The maximum atomic E-state index is 5.34. The zero-order valence-electron chi connectivity index (χ0n) is 7.89. The van der Waals surface area contributed by atoms with Gasteiger partial charge in [-0.05, 0) is 12.1 Å². The molecule has 3 rings (SSSR count). The number of hydrogen-bond acceptors (Lipinski definition) is 3. The predicted molar refractivity (Wildman–Crippen MR) is 55.5 cm³/mol. The van der Waals surface area contributed by atoms with Crippen LogP contribution in [0.3, 0.4) is 0 Å². The molecule has 2 aliphatic rings. The maximum Gasteiger partial charge on any atom is 0.0871 e. The highest BCUT2D eigenvalue weighted by Gasteiger charge is 2.31. The lowest BCUT2D eigenvalue weighted by Crippen LogP contribution is -2.18. The molecule has 0 N–H and O–H groups in total. The Labute approximate surface area is 83.0 Å². The van der Waals surface area contributed by atoms with Crippen LogP contribution in [0.4, 0.5) is 5.69 Å². The van der Waals surface area contributed by atoms with Crippen molar-refractivity contribution in [1.29, 1.82) is 0 Å². The van der Waals surface area contributed by atoms with Crippen molar-refractivity contribution in [3.05, 3.63) is 30.3 Å². The first-order chi connectivity index (χ1) is 6.93. The van der Waals surface area contributed by atoms with Crippen LogP contribution in [0.2, 0.25) is 0 Å². The maximum absolute atomic E-state index is 5.34. The van der Waals surface area contributed by atoms with Crippen molar-refractivity contribution in [1.82, 2.24) is 0 Å². The van der Waals surface area contributed by atoms with E-state index in [9.17, 15) is 0 Å². The largest absolute Gasteiger partial charge is 0.375 e. The summed E-state index contributed by atoms with van der Waals surface area (Å²) in [4.78, 5) is 0. The third-order valence-electron chi connectivity index (χ3n) is 2.74. The van der Waals surface area contributed by atoms with Crippen LogP contribution in [0.1, 0.15) is 0 Å². The smallest absolute Gasteiger partial charge is 0.0871 e. The van der Waals surface area contributed by atoms with E-state index < -0.39 is 0 Å². The molecule has 2 aliphatic heterocycles. The summed E-state index contributed by atoms with van der Waals surface area (Å²) < 4.78 is 5.34. The van der Waals surface area contributed by atoms with Crippen LogP contribution in [0.25, 0.3) is 0 Å². The van der Waals surface area contributed by atoms with Crippen LogP contribution < -0.4 is 5.01 Å². The van der Waals surface area contributed by atoms with Crippen molar-refractivity contribution in [3.8, 4) is 0 Å². The number of benzene rings is 1. The van der Waals surface area contributed by atoms with Gasteiger partial charge in [-0.2, -0.15) is 5.10 Å². The van der Waals surface area contributed by atoms with E-state index in [1.54, 1.807) is 0 Å². The van der Waals surface area contributed by atoms with E-state index in [0.717, 1.165) is 13.2 Å². The molecule has 0 spiro atoms. The first kappa shape index (κ1) is 8.00. The van der Waals surface area contributed by atoms with Crippen LogP contribution in [0.5, 0.6) is 0 Å². The minimum atomic E-state index is 0.523. The number of fused-ring (bicyclic) bond motifs is 1. The van der Waals surface area contributed by atoms with Gasteiger partial charge in [-0.15, -0.1) is 0 Å². The van der Waals surface area contributed by atoms with Gasteiger partial charge in [-0.1, -0.05) is 18.2 Å². The van der Waals surface area contributed by atoms with Gasteiger partial charge in [-0.25, -0.2) is 0 Å². The van der Waals surface area contributed by atoms with Gasteiger partial charge in [0.25, 0.3) is 0 Å². The lowest BCUT2D eigenvalue weighted by Gasteiger charge is -2.14. The molecule has 72 valence electrons. The molecule has 0 amide bonds. The van der Waals surface area contributed by atoms with Gasteiger partial charge in [0, 0.05) is 5.92 Å². The van der Waals surface area contributed by atoms with E-state index in [2.05, 4.69) is 22.2 Å². The minimum absolute atomic E-state index is 0.523. The highest BCUT2D eigenvalue weighted by molar-refractivity contribution is 5.92. The molecule has 3 nitrogen and oxygen atoms in total. The van der Waals surface area contributed by atoms with E-state index in [0.29, 0.717) is 12.5 Å². The van der Waals surface area contributed by atoms with Crippen LogP contribution in [0.15, 0.2) is 35.4 Å². The number of rotatable bonds is 1. The average molecular weight is 188 g/mol. The van der Waals surface area contributed by atoms with Crippen molar-refractivity contribution >= 4 is 11.4 Å². The van der Waals surface area contributed by atoms with Crippen molar-refractivity contribution in [2.24, 2.45) is 11.0 Å². The molecule has 0 aliphatic carbocycles. The van der Waals surface area contributed by atoms with E-state index in [4.69, 9.17) is 4.74 Å². The van der Waals surface area contributed by atoms with Crippen molar-refractivity contribution in [2.45, 2.75) is 0 Å². The second-order valence-electron chi connectivity index (χ2n) is 3.72. The number of ether oxygens (including phenoxy) is 1. The van der Waals surface area contributed by atoms with Gasteiger partial charge >= 0.3 is 0 Å². The molecule has 1 atom stereocenters. The average Bonchev–Trinajstić information content (AvgIpc) is 2.78. The second kappa shape index (κ2) is 3.10. The number of anilines is 1. The normalized spacial score (nSPS) is 25.0. The van der Waals surface area contributed by atoms with Crippen LogP contribution in [-0.2, 0) is 4.74 Å². The second-order valence-corrected chi connectivity index (χ2v) is 3.72. The molecule has 0 unspecified atom stereocenters. The molecule has 1 aromatic rings. The van der Waals surface area contributed by atoms with E-state index in [1.165, 1.54) is 11.4 Å². The molecule has 0 radical (unpaired) electrons. The first-order valence-corrected chi connectivity index (χ1v) is 4.91. The van der Waals surface area contributed by atoms with Crippen molar-refractivity contribution in [3.63, 3.8) is 0 Å². The van der Waals surface area contributed by atoms with Gasteiger partial charge in [0.05, 0.1) is 31.2 Å². The van der Waals surface area contributed by atoms with Gasteiger partial charge in [-0.3, -0.25) is 5.01 Å². The zero-order valence-corrected chi connectivity index (χ0v) is 7.89. The highest BCUT2D eigenvalue weighted by Crippen LogP contribution is 2.25. The van der Waals surface area contributed by atoms with E-state index in [1.807, 2.05) is 18.2 Å². The molecule has 1 aromatic carbocycles. The standard InChI is InChI=1S/C11H12N2O/c1-2-4-10(5-3-1)13-6-9-7-14-8-11(9)12-13/h1-5,9H,6-8H2/t9-/m1/s1. The monoisotopic (exact) mass is 188 g/mol. The molecule has 0 bridgehead atoms. The molecular formula is C11H12N2O. The van der Waals surface area contributed by atoms with Gasteiger partial charge in [0.2, 0.25) is 0 Å². The Kier molecular flexibility index (Phi) is 1.77. The number of hydrazone groups is 1. The van der Waals surface area contributed by atoms with Gasteiger partial charge in [0.1, 0.15) is 0 Å². The third-order valence-corrected chi connectivity index (χ3v) is 2.74. The molecule has 3 heteroatoms. The summed E-state index contributed by atoms with van der Waals surface area (Å²) in [6.45, 7) is 2.52. The fourth-order valence-electron chi connectivity index (χ4n) is 1.96. The van der Waals surface area contributed by atoms with Crippen LogP contribution >= 0.6 is 0 Å². The summed E-state index contributed by atoms with van der Waals surface area (Å²) in [6.07, 6.45) is 0. The summed E-state index contributed by atoms with van der Waals surface area (Å²) in [5.41, 5.74) is 2.38. The van der Waals surface area contributed by atoms with Crippen LogP contribution in [-0.4, -0.2) is 25.5 Å². The predicted octanol–water partition coefficient (Wildman–Crippen LogP) is 1.51. The molecule has 0 saturated carbocycles. The number of para-hydroxylation sites is 1. The molecule has 1 saturated heterocycles. The Balaban J connectivity index is 1.87. The summed E-state index contributed by atoms with van der Waals surface area (Å²) in [7, 11) is 0. The summed E-state index contributed by atoms with van der Waals surface area (Å²) in [6, 6.07) is 10.3. The Morgan fingerprint density at radius 2 is 2.14 bits per heavy atom. The molecule has 1 fully saturated rings. The Hall–Kier alpha value is -1.35. The number of hydrogen-bond donors (Lipinski definition) is 0. The molecular weight excluding hydrogens is 176 g/mol. The Morgan fingerprint density at radius 1 is 1.29 bits per heavy atom. The van der Waals surface area contributed by atoms with Crippen molar-refractivity contribution in [2.75, 3.05) is 24.8 Å².